The zero-order valence-corrected chi connectivity index (χ0v) is 26.3. The van der Waals surface area contributed by atoms with Crippen LogP contribution in [0.3, 0.4) is 0 Å². The minimum atomic E-state index is -3.52. The molecule has 0 saturated heterocycles. The molecule has 0 N–H and O–H groups in total. The maximum Gasteiger partial charge on any atom is 0.267 e. The van der Waals surface area contributed by atoms with Crippen LogP contribution in [0.1, 0.15) is 127 Å². The van der Waals surface area contributed by atoms with Crippen molar-refractivity contribution in [3.63, 3.8) is 0 Å². The number of hydrogen-bond donors (Lipinski definition) is 0. The minimum Gasteiger partial charge on any atom is -0.262 e. The Morgan fingerprint density at radius 3 is 1.46 bits per heavy atom. The molecular formula is C33H56O3S. The molecule has 1 unspecified atom stereocenters. The van der Waals surface area contributed by atoms with Crippen LogP contribution in [0.5, 0.6) is 0 Å². The molecular weight excluding hydrogens is 476 g/mol. The van der Waals surface area contributed by atoms with Crippen LogP contribution in [0.4, 0.5) is 0 Å². The summed E-state index contributed by atoms with van der Waals surface area (Å²) in [6.45, 7) is 19.0. The number of hydrogen-bond acceptors (Lipinski definition) is 3. The van der Waals surface area contributed by atoms with Crippen molar-refractivity contribution in [1.82, 2.24) is 0 Å². The quantitative estimate of drug-likeness (QED) is 0.123. The van der Waals surface area contributed by atoms with Crippen molar-refractivity contribution in [2.45, 2.75) is 133 Å². The molecule has 0 amide bonds. The number of rotatable bonds is 19. The Morgan fingerprint density at radius 2 is 1.03 bits per heavy atom. The molecule has 4 heteroatoms. The third kappa shape index (κ3) is 22.1. The van der Waals surface area contributed by atoms with Gasteiger partial charge >= 0.3 is 0 Å². The van der Waals surface area contributed by atoms with E-state index in [0.717, 1.165) is 51.4 Å². The van der Waals surface area contributed by atoms with Crippen LogP contribution in [0, 0.1) is 0 Å². The summed E-state index contributed by atoms with van der Waals surface area (Å²) in [7, 11) is -3.52. The largest absolute Gasteiger partial charge is 0.267 e. The van der Waals surface area contributed by atoms with Gasteiger partial charge in [0.1, 0.15) is 0 Å². The van der Waals surface area contributed by atoms with Gasteiger partial charge in [0.25, 0.3) is 10.1 Å². The highest BCUT2D eigenvalue weighted by Gasteiger charge is 2.16. The highest BCUT2D eigenvalue weighted by molar-refractivity contribution is 7.86. The van der Waals surface area contributed by atoms with Crippen molar-refractivity contribution in [3.05, 3.63) is 69.9 Å². The summed E-state index contributed by atoms with van der Waals surface area (Å²) >= 11 is 0. The molecule has 0 aromatic heterocycles. The Hall–Kier alpha value is -1.65. The van der Waals surface area contributed by atoms with Crippen molar-refractivity contribution >= 4 is 10.1 Å². The molecule has 0 rings (SSSR count). The smallest absolute Gasteiger partial charge is 0.262 e. The van der Waals surface area contributed by atoms with Crippen LogP contribution in [0.25, 0.3) is 0 Å². The van der Waals surface area contributed by atoms with E-state index in [9.17, 15) is 8.42 Å². The van der Waals surface area contributed by atoms with Crippen LogP contribution in [0.15, 0.2) is 69.9 Å². The first kappa shape index (κ1) is 35.4. The van der Waals surface area contributed by atoms with Gasteiger partial charge in [-0.15, -0.1) is 0 Å². The van der Waals surface area contributed by atoms with Crippen molar-refractivity contribution in [2.24, 2.45) is 0 Å². The molecule has 0 saturated carbocycles. The molecule has 0 aromatic rings. The maximum atomic E-state index is 12.4. The Bertz CT molecular complexity index is 932. The molecule has 1 atom stereocenters. The van der Waals surface area contributed by atoms with E-state index < -0.39 is 16.2 Å². The van der Waals surface area contributed by atoms with Gasteiger partial charge < -0.3 is 0 Å². The first-order valence-electron chi connectivity index (χ1n) is 14.2. The van der Waals surface area contributed by atoms with Crippen LogP contribution in [-0.4, -0.2) is 20.3 Å². The van der Waals surface area contributed by atoms with E-state index in [0.29, 0.717) is 12.8 Å². The van der Waals surface area contributed by atoms with Gasteiger partial charge in [-0.3, -0.25) is 4.18 Å². The Kier molecular flexibility index (Phi) is 19.4. The normalized spacial score (nSPS) is 14.5. The van der Waals surface area contributed by atoms with Gasteiger partial charge in [-0.25, -0.2) is 0 Å². The van der Waals surface area contributed by atoms with E-state index >= 15 is 0 Å². The third-order valence-electron chi connectivity index (χ3n) is 6.14. The van der Waals surface area contributed by atoms with Crippen LogP contribution in [-0.2, 0) is 14.3 Å². The second kappa shape index (κ2) is 20.3. The van der Waals surface area contributed by atoms with Crippen molar-refractivity contribution in [2.75, 3.05) is 5.75 Å². The summed E-state index contributed by atoms with van der Waals surface area (Å²) in [6, 6.07) is 0. The molecule has 37 heavy (non-hydrogen) atoms. The summed E-state index contributed by atoms with van der Waals surface area (Å²) in [5.41, 5.74) is 8.01. The fourth-order valence-electron chi connectivity index (χ4n) is 3.92. The summed E-state index contributed by atoms with van der Waals surface area (Å²) in [5.74, 6) is 0.0590. The second-order valence-corrected chi connectivity index (χ2v) is 12.7. The molecule has 0 fully saturated rings. The van der Waals surface area contributed by atoms with Crippen LogP contribution >= 0.6 is 0 Å². The summed E-state index contributed by atoms with van der Waals surface area (Å²) in [6.07, 6.45) is 22.3. The average Bonchev–Trinajstić information content (AvgIpc) is 2.76. The molecule has 3 nitrogen and oxygen atoms in total. The van der Waals surface area contributed by atoms with Gasteiger partial charge in [-0.1, -0.05) is 76.8 Å². The van der Waals surface area contributed by atoms with Crippen molar-refractivity contribution < 1.29 is 12.6 Å². The Labute approximate surface area is 230 Å². The Balaban J connectivity index is 5.07. The molecule has 0 aromatic carbocycles. The van der Waals surface area contributed by atoms with E-state index in [4.69, 9.17) is 4.18 Å². The average molecular weight is 533 g/mol. The highest BCUT2D eigenvalue weighted by atomic mass is 32.2. The molecule has 0 aliphatic heterocycles. The molecule has 0 aliphatic rings. The van der Waals surface area contributed by atoms with Gasteiger partial charge in [0.05, 0.1) is 11.9 Å². The zero-order valence-electron chi connectivity index (χ0n) is 25.5. The van der Waals surface area contributed by atoms with E-state index in [1.54, 1.807) is 0 Å². The molecule has 0 aliphatic carbocycles. The molecule has 0 spiro atoms. The first-order valence-corrected chi connectivity index (χ1v) is 15.7. The van der Waals surface area contributed by atoms with E-state index in [2.05, 4.69) is 85.8 Å². The highest BCUT2D eigenvalue weighted by Crippen LogP contribution is 2.18. The molecule has 0 heterocycles. The van der Waals surface area contributed by atoms with Crippen LogP contribution in [0.2, 0.25) is 0 Å². The fraction of sp³-hybridized carbons (Fsp3) is 0.636. The lowest BCUT2D eigenvalue weighted by atomic mass is 10.0. The van der Waals surface area contributed by atoms with Gasteiger partial charge in [0.15, 0.2) is 0 Å². The molecule has 212 valence electrons. The lowest BCUT2D eigenvalue weighted by Gasteiger charge is -2.14. The van der Waals surface area contributed by atoms with E-state index in [1.165, 1.54) is 33.4 Å². The summed E-state index contributed by atoms with van der Waals surface area (Å²) in [5, 5.41) is 0. The van der Waals surface area contributed by atoms with Crippen LogP contribution < -0.4 is 0 Å². The van der Waals surface area contributed by atoms with E-state index in [1.807, 2.05) is 13.0 Å². The van der Waals surface area contributed by atoms with Gasteiger partial charge in [0.2, 0.25) is 0 Å². The predicted molar refractivity (Wildman–Crippen MR) is 164 cm³/mol. The van der Waals surface area contributed by atoms with Crippen molar-refractivity contribution in [1.29, 1.82) is 0 Å². The maximum absolute atomic E-state index is 12.4. The zero-order chi connectivity index (χ0) is 28.3. The number of allylic oxidation sites excluding steroid dienone is 10. The van der Waals surface area contributed by atoms with Gasteiger partial charge in [-0.2, -0.15) is 8.42 Å². The minimum absolute atomic E-state index is 0.0590. The third-order valence-corrected chi connectivity index (χ3v) is 7.59. The SMILES string of the molecule is CCCS(=O)(=O)OC(C=C(C)CCC=C(C)CCC=C(C)C)CC=C(C)CCC=C(C)CCC=C(C)C. The lowest BCUT2D eigenvalue weighted by Crippen LogP contribution is -2.19. The summed E-state index contributed by atoms with van der Waals surface area (Å²) < 4.78 is 30.4. The Morgan fingerprint density at radius 1 is 0.622 bits per heavy atom. The van der Waals surface area contributed by atoms with Gasteiger partial charge in [-0.05, 0) is 120 Å². The van der Waals surface area contributed by atoms with Crippen molar-refractivity contribution in [3.8, 4) is 0 Å². The fourth-order valence-corrected chi connectivity index (χ4v) is 5.02. The molecule has 0 bridgehead atoms. The lowest BCUT2D eigenvalue weighted by molar-refractivity contribution is 0.257. The summed E-state index contributed by atoms with van der Waals surface area (Å²) in [4.78, 5) is 0. The second-order valence-electron chi connectivity index (χ2n) is 11.0. The van der Waals surface area contributed by atoms with E-state index in [-0.39, 0.29) is 5.75 Å². The standard InChI is InChI=1S/C33H56O3S/c1-10-25-37(34,35)36-33(26-32(9)22-14-20-30(7)18-12-16-28(4)5)24-23-31(8)21-13-19-29(6)17-11-15-27(2)3/h15-16,19-20,23,26,33H,10-14,17-18,21-22,24-25H2,1-9H3. The first-order chi connectivity index (χ1) is 17.3. The monoisotopic (exact) mass is 532 g/mol. The topological polar surface area (TPSA) is 43.4 Å². The predicted octanol–water partition coefficient (Wildman–Crippen LogP) is 10.3. The molecule has 0 radical (unpaired) electrons. The van der Waals surface area contributed by atoms with Gasteiger partial charge in [0, 0.05) is 0 Å².